The molecule has 1 rings (SSSR count). The van der Waals surface area contributed by atoms with E-state index >= 15 is 0 Å². The molecule has 4 heteroatoms. The van der Waals surface area contributed by atoms with E-state index in [-0.39, 0.29) is 12.1 Å². The van der Waals surface area contributed by atoms with Crippen molar-refractivity contribution in [1.82, 2.24) is 10.2 Å². The Labute approximate surface area is 92.0 Å². The Morgan fingerprint density at radius 3 is 2.73 bits per heavy atom. The molecule has 0 aliphatic carbocycles. The zero-order chi connectivity index (χ0) is 11.4. The van der Waals surface area contributed by atoms with Gasteiger partial charge in [0.15, 0.2) is 0 Å². The van der Waals surface area contributed by atoms with Gasteiger partial charge in [-0.25, -0.2) is 4.79 Å². The number of carbonyl (C=O) groups is 1. The molecule has 1 aliphatic heterocycles. The van der Waals surface area contributed by atoms with Gasteiger partial charge in [0.05, 0.1) is 6.61 Å². The molecule has 1 saturated heterocycles. The van der Waals surface area contributed by atoms with Crippen LogP contribution in [0.4, 0.5) is 4.79 Å². The molecule has 0 radical (unpaired) electrons. The molecule has 1 aliphatic rings. The molecule has 1 N–H and O–H groups in total. The summed E-state index contributed by atoms with van der Waals surface area (Å²) in [6.45, 7) is 8.58. The van der Waals surface area contributed by atoms with Gasteiger partial charge < -0.3 is 15.0 Å². The third kappa shape index (κ3) is 3.09. The smallest absolute Gasteiger partial charge is 0.410 e. The number of rotatable bonds is 4. The largest absolute Gasteiger partial charge is 0.449 e. The Morgan fingerprint density at radius 2 is 2.20 bits per heavy atom. The number of likely N-dealkylation sites (N-methyl/N-ethyl adjacent to an activating group) is 1. The van der Waals surface area contributed by atoms with Crippen molar-refractivity contribution >= 4 is 6.09 Å². The Bertz CT molecular complexity index is 219. The first-order chi connectivity index (χ1) is 7.06. The Morgan fingerprint density at radius 1 is 1.53 bits per heavy atom. The minimum Gasteiger partial charge on any atom is -0.449 e. The number of ether oxygens (including phenoxy) is 1. The van der Waals surface area contributed by atoms with Crippen LogP contribution in [-0.4, -0.2) is 43.8 Å². The average molecular weight is 214 g/mol. The van der Waals surface area contributed by atoms with Gasteiger partial charge in [0.1, 0.15) is 0 Å². The van der Waals surface area contributed by atoms with E-state index in [9.17, 15) is 4.79 Å². The van der Waals surface area contributed by atoms with Crippen LogP contribution >= 0.6 is 0 Å². The van der Waals surface area contributed by atoms with Crippen LogP contribution in [0.25, 0.3) is 0 Å². The lowest BCUT2D eigenvalue weighted by molar-refractivity contribution is 0.0168. The fourth-order valence-corrected chi connectivity index (χ4v) is 1.81. The second-order valence-electron chi connectivity index (χ2n) is 4.64. The summed E-state index contributed by atoms with van der Waals surface area (Å²) < 4.78 is 5.19. The number of nitrogens with one attached hydrogen (secondary N) is 1. The molecule has 2 unspecified atom stereocenters. The van der Waals surface area contributed by atoms with Gasteiger partial charge in [-0.1, -0.05) is 13.8 Å². The summed E-state index contributed by atoms with van der Waals surface area (Å²) in [7, 11) is 1.89. The molecular formula is C11H22N2O2. The fraction of sp³-hybridized carbons (Fsp3) is 0.909. The topological polar surface area (TPSA) is 41.6 Å². The first-order valence-corrected chi connectivity index (χ1v) is 5.64. The first kappa shape index (κ1) is 12.3. The fourth-order valence-electron chi connectivity index (χ4n) is 1.81. The van der Waals surface area contributed by atoms with E-state index in [1.54, 1.807) is 0 Å². The van der Waals surface area contributed by atoms with Crippen LogP contribution in [0.1, 0.15) is 20.8 Å². The van der Waals surface area contributed by atoms with Crippen molar-refractivity contribution in [2.45, 2.75) is 26.8 Å². The Hall–Kier alpha value is -0.770. The lowest BCUT2D eigenvalue weighted by atomic mass is 9.95. The van der Waals surface area contributed by atoms with Gasteiger partial charge in [-0.2, -0.15) is 0 Å². The summed E-state index contributed by atoms with van der Waals surface area (Å²) >= 11 is 0. The summed E-state index contributed by atoms with van der Waals surface area (Å²) in [5.41, 5.74) is 0. The summed E-state index contributed by atoms with van der Waals surface area (Å²) in [5.74, 6) is 1.02. The lowest BCUT2D eigenvalue weighted by Crippen LogP contribution is -2.51. The predicted octanol–water partition coefficient (Wildman–Crippen LogP) is 1.32. The highest BCUT2D eigenvalue weighted by Crippen LogP contribution is 2.20. The average Bonchev–Trinajstić information content (AvgIpc) is 2.18. The lowest BCUT2D eigenvalue weighted by Gasteiger charge is -2.37. The number of hydrogen-bond donors (Lipinski definition) is 1. The molecule has 1 heterocycles. The van der Waals surface area contributed by atoms with Crippen molar-refractivity contribution in [1.29, 1.82) is 0 Å². The van der Waals surface area contributed by atoms with Gasteiger partial charge in [0.2, 0.25) is 0 Å². The SMILES string of the molecule is CNCC(C)N1CC(C(C)C)COC1=O. The summed E-state index contributed by atoms with van der Waals surface area (Å²) in [5, 5.41) is 3.08. The van der Waals surface area contributed by atoms with E-state index in [1.807, 2.05) is 18.9 Å². The van der Waals surface area contributed by atoms with E-state index in [0.29, 0.717) is 18.4 Å². The third-order valence-corrected chi connectivity index (χ3v) is 3.06. The van der Waals surface area contributed by atoms with Crippen molar-refractivity contribution in [2.75, 3.05) is 26.7 Å². The molecule has 0 aromatic heterocycles. The molecule has 1 amide bonds. The third-order valence-electron chi connectivity index (χ3n) is 3.06. The maximum absolute atomic E-state index is 11.6. The second kappa shape index (κ2) is 5.35. The molecule has 0 saturated carbocycles. The Kier molecular flexibility index (Phi) is 4.39. The van der Waals surface area contributed by atoms with Crippen molar-refractivity contribution in [3.63, 3.8) is 0 Å². The van der Waals surface area contributed by atoms with Gasteiger partial charge in [-0.15, -0.1) is 0 Å². The van der Waals surface area contributed by atoms with E-state index in [0.717, 1.165) is 13.1 Å². The number of cyclic esters (lactones) is 1. The summed E-state index contributed by atoms with van der Waals surface area (Å²) in [6.07, 6.45) is -0.172. The zero-order valence-corrected chi connectivity index (χ0v) is 10.1. The molecule has 0 aromatic carbocycles. The molecule has 88 valence electrons. The van der Waals surface area contributed by atoms with Gasteiger partial charge in [-0.3, -0.25) is 0 Å². The minimum atomic E-state index is -0.172. The maximum Gasteiger partial charge on any atom is 0.410 e. The summed E-state index contributed by atoms with van der Waals surface area (Å²) in [6, 6.07) is 0.198. The van der Waals surface area contributed by atoms with Crippen LogP contribution in [0, 0.1) is 11.8 Å². The number of hydrogen-bond acceptors (Lipinski definition) is 3. The van der Waals surface area contributed by atoms with Gasteiger partial charge in [0, 0.05) is 25.0 Å². The van der Waals surface area contributed by atoms with Gasteiger partial charge in [0.25, 0.3) is 0 Å². The highest BCUT2D eigenvalue weighted by molar-refractivity contribution is 5.68. The van der Waals surface area contributed by atoms with Crippen molar-refractivity contribution < 1.29 is 9.53 Å². The van der Waals surface area contributed by atoms with Crippen LogP contribution in [0.3, 0.4) is 0 Å². The van der Waals surface area contributed by atoms with E-state index in [1.165, 1.54) is 0 Å². The highest BCUT2D eigenvalue weighted by Gasteiger charge is 2.31. The normalized spacial score (nSPS) is 24.2. The van der Waals surface area contributed by atoms with Crippen molar-refractivity contribution in [3.8, 4) is 0 Å². The van der Waals surface area contributed by atoms with Crippen LogP contribution < -0.4 is 5.32 Å². The number of carbonyl (C=O) groups excluding carboxylic acids is 1. The predicted molar refractivity (Wildman–Crippen MR) is 59.8 cm³/mol. The minimum absolute atomic E-state index is 0.172. The highest BCUT2D eigenvalue weighted by atomic mass is 16.6. The van der Waals surface area contributed by atoms with Crippen molar-refractivity contribution in [3.05, 3.63) is 0 Å². The summed E-state index contributed by atoms with van der Waals surface area (Å²) in [4.78, 5) is 13.4. The molecule has 2 atom stereocenters. The van der Waals surface area contributed by atoms with E-state index in [2.05, 4.69) is 19.2 Å². The monoisotopic (exact) mass is 214 g/mol. The maximum atomic E-state index is 11.6. The Balaban J connectivity index is 2.56. The molecule has 1 fully saturated rings. The molecule has 0 bridgehead atoms. The molecule has 15 heavy (non-hydrogen) atoms. The molecule has 0 spiro atoms. The first-order valence-electron chi connectivity index (χ1n) is 5.64. The number of amides is 1. The van der Waals surface area contributed by atoms with Crippen molar-refractivity contribution in [2.24, 2.45) is 11.8 Å². The molecule has 0 aromatic rings. The van der Waals surface area contributed by atoms with Gasteiger partial charge in [-0.05, 0) is 19.9 Å². The molecule has 4 nitrogen and oxygen atoms in total. The standard InChI is InChI=1S/C11H22N2O2/c1-8(2)10-6-13(9(3)5-12-4)11(14)15-7-10/h8-10,12H,5-7H2,1-4H3. The van der Waals surface area contributed by atoms with E-state index in [4.69, 9.17) is 4.74 Å². The molecular weight excluding hydrogens is 192 g/mol. The van der Waals surface area contributed by atoms with Crippen LogP contribution in [0.5, 0.6) is 0 Å². The van der Waals surface area contributed by atoms with Gasteiger partial charge >= 0.3 is 6.09 Å². The second-order valence-corrected chi connectivity index (χ2v) is 4.64. The van der Waals surface area contributed by atoms with Crippen LogP contribution in [0.2, 0.25) is 0 Å². The number of nitrogens with zero attached hydrogens (tertiary/aromatic N) is 1. The zero-order valence-electron chi connectivity index (χ0n) is 10.1. The van der Waals surface area contributed by atoms with Crippen LogP contribution in [-0.2, 0) is 4.74 Å². The van der Waals surface area contributed by atoms with E-state index < -0.39 is 0 Å². The van der Waals surface area contributed by atoms with Crippen LogP contribution in [0.15, 0.2) is 0 Å². The quantitative estimate of drug-likeness (QED) is 0.767.